The molecule has 0 aromatic heterocycles. The zero-order valence-electron chi connectivity index (χ0n) is 6.96. The fourth-order valence-corrected chi connectivity index (χ4v) is 1.06. The first-order valence-corrected chi connectivity index (χ1v) is 3.71. The average Bonchev–Trinajstić information content (AvgIpc) is 1.96. The fourth-order valence-electron chi connectivity index (χ4n) is 1.06. The van der Waals surface area contributed by atoms with Gasteiger partial charge in [0.1, 0.15) is 5.75 Å². The minimum atomic E-state index is 0.0656. The number of hydrogen-bond acceptors (Lipinski definition) is 2. The monoisotopic (exact) mass is 164 g/mol. The van der Waals surface area contributed by atoms with Crippen molar-refractivity contribution in [2.24, 2.45) is 5.73 Å². The summed E-state index contributed by atoms with van der Waals surface area (Å²) in [5.74, 6) is 0.270. The molecule has 0 aliphatic rings. The van der Waals surface area contributed by atoms with Crippen molar-refractivity contribution in [1.29, 1.82) is 5.41 Å². The maximum absolute atomic E-state index is 9.33. The molecular formula is C9H12N2O. The molecule has 0 saturated heterocycles. The van der Waals surface area contributed by atoms with Crippen LogP contribution in [0.15, 0.2) is 18.2 Å². The molecule has 1 rings (SSSR count). The van der Waals surface area contributed by atoms with Crippen LogP contribution in [0.5, 0.6) is 5.75 Å². The summed E-state index contributed by atoms with van der Waals surface area (Å²) >= 11 is 0. The van der Waals surface area contributed by atoms with Crippen molar-refractivity contribution in [2.75, 3.05) is 0 Å². The number of nitrogens with one attached hydrogen (secondary N) is 1. The number of phenolic OH excluding ortho intramolecular Hbond substituents is 1. The van der Waals surface area contributed by atoms with Gasteiger partial charge in [-0.1, -0.05) is 17.7 Å². The molecule has 0 aliphatic carbocycles. The maximum Gasteiger partial charge on any atom is 0.119 e. The Morgan fingerprint density at radius 2 is 2.25 bits per heavy atom. The minimum Gasteiger partial charge on any atom is -0.508 e. The van der Waals surface area contributed by atoms with Gasteiger partial charge in [0, 0.05) is 12.0 Å². The van der Waals surface area contributed by atoms with Gasteiger partial charge in [-0.15, -0.1) is 0 Å². The van der Waals surface area contributed by atoms with E-state index in [2.05, 4.69) is 0 Å². The summed E-state index contributed by atoms with van der Waals surface area (Å²) in [4.78, 5) is 0. The largest absolute Gasteiger partial charge is 0.508 e. The number of benzene rings is 1. The second-order valence-electron chi connectivity index (χ2n) is 2.83. The highest BCUT2D eigenvalue weighted by molar-refractivity contribution is 5.80. The lowest BCUT2D eigenvalue weighted by molar-refractivity contribution is 0.470. The van der Waals surface area contributed by atoms with Crippen LogP contribution in [0.25, 0.3) is 0 Å². The van der Waals surface area contributed by atoms with Gasteiger partial charge in [0.05, 0.1) is 5.84 Å². The first-order chi connectivity index (χ1) is 5.59. The third-order valence-corrected chi connectivity index (χ3v) is 1.62. The zero-order chi connectivity index (χ0) is 9.14. The molecule has 0 unspecified atom stereocenters. The van der Waals surface area contributed by atoms with Crippen molar-refractivity contribution < 1.29 is 5.11 Å². The van der Waals surface area contributed by atoms with Crippen molar-refractivity contribution in [3.05, 3.63) is 29.3 Å². The smallest absolute Gasteiger partial charge is 0.119 e. The quantitative estimate of drug-likeness (QED) is 0.453. The molecule has 0 aliphatic heterocycles. The Morgan fingerprint density at radius 1 is 1.58 bits per heavy atom. The Kier molecular flexibility index (Phi) is 2.33. The molecule has 4 N–H and O–H groups in total. The van der Waals surface area contributed by atoms with Gasteiger partial charge in [-0.25, -0.2) is 0 Å². The second kappa shape index (κ2) is 3.26. The third kappa shape index (κ3) is 1.99. The Labute approximate surface area is 71.3 Å². The summed E-state index contributed by atoms with van der Waals surface area (Å²) in [6.45, 7) is 1.93. The SMILES string of the molecule is Cc1ccc(O)c(CC(=N)N)c1. The normalized spacial score (nSPS) is 9.75. The van der Waals surface area contributed by atoms with Gasteiger partial charge in [-0.2, -0.15) is 0 Å². The molecular weight excluding hydrogens is 152 g/mol. The summed E-state index contributed by atoms with van der Waals surface area (Å²) in [6, 6.07) is 5.27. The van der Waals surface area contributed by atoms with E-state index in [4.69, 9.17) is 11.1 Å². The molecule has 0 radical (unpaired) electrons. The molecule has 1 aromatic carbocycles. The standard InChI is InChI=1S/C9H12N2O/c1-6-2-3-8(12)7(4-6)5-9(10)11/h2-4,12H,5H2,1H3,(H3,10,11). The average molecular weight is 164 g/mol. The van der Waals surface area contributed by atoms with E-state index in [0.29, 0.717) is 12.0 Å². The van der Waals surface area contributed by atoms with Crippen LogP contribution < -0.4 is 5.73 Å². The second-order valence-corrected chi connectivity index (χ2v) is 2.83. The van der Waals surface area contributed by atoms with Crippen molar-refractivity contribution in [3.63, 3.8) is 0 Å². The van der Waals surface area contributed by atoms with Crippen molar-refractivity contribution in [1.82, 2.24) is 0 Å². The van der Waals surface area contributed by atoms with E-state index in [-0.39, 0.29) is 11.6 Å². The van der Waals surface area contributed by atoms with Crippen LogP contribution in [-0.2, 0) is 6.42 Å². The van der Waals surface area contributed by atoms with Gasteiger partial charge in [0.25, 0.3) is 0 Å². The van der Waals surface area contributed by atoms with Crippen LogP contribution in [0.4, 0.5) is 0 Å². The molecule has 12 heavy (non-hydrogen) atoms. The maximum atomic E-state index is 9.33. The van der Waals surface area contributed by atoms with E-state index >= 15 is 0 Å². The lowest BCUT2D eigenvalue weighted by atomic mass is 10.1. The van der Waals surface area contributed by atoms with Gasteiger partial charge >= 0.3 is 0 Å². The fraction of sp³-hybridized carbons (Fsp3) is 0.222. The van der Waals surface area contributed by atoms with Crippen molar-refractivity contribution in [2.45, 2.75) is 13.3 Å². The van der Waals surface area contributed by atoms with Crippen LogP contribution in [0.3, 0.4) is 0 Å². The number of hydrogen-bond donors (Lipinski definition) is 3. The molecule has 1 aromatic rings. The lowest BCUT2D eigenvalue weighted by Gasteiger charge is -2.03. The highest BCUT2D eigenvalue weighted by Gasteiger charge is 2.01. The number of aryl methyl sites for hydroxylation is 1. The highest BCUT2D eigenvalue weighted by Crippen LogP contribution is 2.18. The molecule has 0 spiro atoms. The van der Waals surface area contributed by atoms with Gasteiger partial charge in [0.15, 0.2) is 0 Å². The number of nitrogens with two attached hydrogens (primary N) is 1. The highest BCUT2D eigenvalue weighted by atomic mass is 16.3. The molecule has 3 heteroatoms. The molecule has 0 amide bonds. The summed E-state index contributed by atoms with van der Waals surface area (Å²) in [7, 11) is 0. The Balaban J connectivity index is 2.97. The lowest BCUT2D eigenvalue weighted by Crippen LogP contribution is -2.12. The Morgan fingerprint density at radius 3 is 2.83 bits per heavy atom. The van der Waals surface area contributed by atoms with E-state index < -0.39 is 0 Å². The summed E-state index contributed by atoms with van der Waals surface area (Å²) in [5, 5.41) is 16.4. The van der Waals surface area contributed by atoms with Gasteiger partial charge in [-0.3, -0.25) is 5.41 Å². The first-order valence-electron chi connectivity index (χ1n) is 3.71. The molecule has 0 heterocycles. The van der Waals surface area contributed by atoms with E-state index in [9.17, 15) is 5.11 Å². The number of amidine groups is 1. The Hall–Kier alpha value is -1.51. The molecule has 0 fully saturated rings. The van der Waals surface area contributed by atoms with Crippen LogP contribution in [0.2, 0.25) is 0 Å². The molecule has 0 bridgehead atoms. The van der Waals surface area contributed by atoms with Crippen LogP contribution in [-0.4, -0.2) is 10.9 Å². The van der Waals surface area contributed by atoms with Crippen molar-refractivity contribution >= 4 is 5.84 Å². The predicted octanol–water partition coefficient (Wildman–Crippen LogP) is 1.18. The van der Waals surface area contributed by atoms with Gasteiger partial charge in [0.2, 0.25) is 0 Å². The topological polar surface area (TPSA) is 70.1 Å². The van der Waals surface area contributed by atoms with E-state index in [1.807, 2.05) is 19.1 Å². The van der Waals surface area contributed by atoms with Gasteiger partial charge < -0.3 is 10.8 Å². The summed E-state index contributed by atoms with van der Waals surface area (Å²) in [6.07, 6.45) is 0.313. The minimum absolute atomic E-state index is 0.0656. The van der Waals surface area contributed by atoms with E-state index in [1.165, 1.54) is 0 Å². The van der Waals surface area contributed by atoms with Gasteiger partial charge in [-0.05, 0) is 13.0 Å². The van der Waals surface area contributed by atoms with Crippen molar-refractivity contribution in [3.8, 4) is 5.75 Å². The van der Waals surface area contributed by atoms with E-state index in [0.717, 1.165) is 5.56 Å². The van der Waals surface area contributed by atoms with E-state index in [1.54, 1.807) is 6.07 Å². The third-order valence-electron chi connectivity index (χ3n) is 1.62. The molecule has 64 valence electrons. The first kappa shape index (κ1) is 8.59. The summed E-state index contributed by atoms with van der Waals surface area (Å²) < 4.78 is 0. The number of rotatable bonds is 2. The van der Waals surface area contributed by atoms with Crippen LogP contribution in [0.1, 0.15) is 11.1 Å². The molecule has 0 atom stereocenters. The van der Waals surface area contributed by atoms with Crippen LogP contribution >= 0.6 is 0 Å². The predicted molar refractivity (Wildman–Crippen MR) is 48.5 cm³/mol. The number of phenols is 1. The molecule has 0 saturated carbocycles. The summed E-state index contributed by atoms with van der Waals surface area (Å²) in [5.41, 5.74) is 6.99. The molecule has 3 nitrogen and oxygen atoms in total. The Bertz CT molecular complexity index is 307. The zero-order valence-corrected chi connectivity index (χ0v) is 6.96. The number of aromatic hydroxyl groups is 1. The van der Waals surface area contributed by atoms with Crippen LogP contribution in [0, 0.1) is 12.3 Å².